The van der Waals surface area contributed by atoms with Gasteiger partial charge in [0, 0.05) is 37.9 Å². The van der Waals surface area contributed by atoms with Crippen LogP contribution in [0.5, 0.6) is 5.75 Å². The van der Waals surface area contributed by atoms with Crippen LogP contribution in [-0.2, 0) is 14.3 Å². The van der Waals surface area contributed by atoms with Gasteiger partial charge in [-0.25, -0.2) is 9.79 Å². The van der Waals surface area contributed by atoms with E-state index in [1.54, 1.807) is 7.11 Å². The summed E-state index contributed by atoms with van der Waals surface area (Å²) in [7, 11) is 3.01. The molecule has 1 saturated heterocycles. The minimum Gasteiger partial charge on any atom is -0.497 e. The maximum absolute atomic E-state index is 13.4. The van der Waals surface area contributed by atoms with E-state index in [0.29, 0.717) is 17.3 Å². The first kappa shape index (κ1) is 24.9. The first-order chi connectivity index (χ1) is 17.5. The smallest absolute Gasteiger partial charge is 0.338 e. The third-order valence-electron chi connectivity index (χ3n) is 7.68. The molecular formula is C27H34N4O4S. The van der Waals surface area contributed by atoms with E-state index in [1.807, 2.05) is 46.4 Å². The van der Waals surface area contributed by atoms with Crippen molar-refractivity contribution in [2.24, 2.45) is 4.99 Å². The molecule has 1 saturated carbocycles. The zero-order valence-corrected chi connectivity index (χ0v) is 22.1. The van der Waals surface area contributed by atoms with Crippen LogP contribution in [0.2, 0.25) is 0 Å². The van der Waals surface area contributed by atoms with Crippen molar-refractivity contribution in [3.63, 3.8) is 0 Å². The number of rotatable bonds is 6. The highest BCUT2D eigenvalue weighted by Gasteiger charge is 2.41. The molecule has 1 aromatic rings. The highest BCUT2D eigenvalue weighted by atomic mass is 32.2. The van der Waals surface area contributed by atoms with E-state index in [1.165, 1.54) is 44.6 Å². The summed E-state index contributed by atoms with van der Waals surface area (Å²) < 4.78 is 10.5. The maximum atomic E-state index is 13.4. The summed E-state index contributed by atoms with van der Waals surface area (Å²) in [6, 6.07) is 7.93. The molecule has 3 heterocycles. The molecular weight excluding hydrogens is 476 g/mol. The van der Waals surface area contributed by atoms with Gasteiger partial charge in [0.05, 0.1) is 38.0 Å². The number of carbonyl (C=O) groups is 2. The van der Waals surface area contributed by atoms with Crippen LogP contribution in [-0.4, -0.2) is 78.2 Å². The molecule has 4 aliphatic rings. The number of esters is 1. The normalized spacial score (nSPS) is 22.9. The van der Waals surface area contributed by atoms with Gasteiger partial charge in [-0.15, -0.1) is 0 Å². The van der Waals surface area contributed by atoms with E-state index in [2.05, 4.69) is 4.90 Å². The Morgan fingerprint density at radius 2 is 1.75 bits per heavy atom. The topological polar surface area (TPSA) is 74.7 Å². The van der Waals surface area contributed by atoms with Crippen molar-refractivity contribution in [1.29, 1.82) is 0 Å². The highest BCUT2D eigenvalue weighted by molar-refractivity contribution is 8.16. The lowest BCUT2D eigenvalue weighted by molar-refractivity contribution is -0.136. The van der Waals surface area contributed by atoms with Gasteiger partial charge in [0.15, 0.2) is 5.17 Å². The third-order valence-corrected chi connectivity index (χ3v) is 8.57. The molecule has 1 aliphatic carbocycles. The molecule has 1 amide bonds. The second-order valence-corrected chi connectivity index (χ2v) is 10.5. The number of allylic oxidation sites excluding steroid dienone is 1. The molecule has 3 aliphatic heterocycles. The van der Waals surface area contributed by atoms with Gasteiger partial charge in [-0.05, 0) is 42.9 Å². The van der Waals surface area contributed by atoms with E-state index >= 15 is 0 Å². The van der Waals surface area contributed by atoms with Crippen LogP contribution >= 0.6 is 11.8 Å². The van der Waals surface area contributed by atoms with Crippen molar-refractivity contribution < 1.29 is 19.1 Å². The largest absolute Gasteiger partial charge is 0.497 e. The number of thioether (sulfide) groups is 1. The van der Waals surface area contributed by atoms with Gasteiger partial charge < -0.3 is 19.3 Å². The zero-order valence-electron chi connectivity index (χ0n) is 21.2. The van der Waals surface area contributed by atoms with Crippen molar-refractivity contribution in [3.05, 3.63) is 52.2 Å². The van der Waals surface area contributed by atoms with Gasteiger partial charge in [0.1, 0.15) is 5.75 Å². The van der Waals surface area contributed by atoms with Crippen LogP contribution < -0.4 is 4.74 Å². The summed E-state index contributed by atoms with van der Waals surface area (Å²) in [5, 5.41) is 2.77. The molecule has 192 valence electrons. The van der Waals surface area contributed by atoms with Crippen LogP contribution in [0, 0.1) is 0 Å². The number of methoxy groups -OCH3 is 2. The Kier molecular flexibility index (Phi) is 7.39. The SMILES string of the molecule is COC(=O)C1=C(C)N=C2SC=C(CC(=O)N3CCN(C4CCCC4)CC3)N2C1c1ccc(OC)cc1. The van der Waals surface area contributed by atoms with Gasteiger partial charge in [0.25, 0.3) is 0 Å². The van der Waals surface area contributed by atoms with Gasteiger partial charge in [0.2, 0.25) is 5.91 Å². The van der Waals surface area contributed by atoms with Gasteiger partial charge in [-0.2, -0.15) is 0 Å². The number of aliphatic imine (C=N–C) groups is 1. The molecule has 1 aromatic carbocycles. The molecule has 0 aromatic heterocycles. The highest BCUT2D eigenvalue weighted by Crippen LogP contribution is 2.45. The Balaban J connectivity index is 1.35. The summed E-state index contributed by atoms with van der Waals surface area (Å²) in [6.45, 7) is 5.27. The van der Waals surface area contributed by atoms with Crippen LogP contribution in [0.3, 0.4) is 0 Å². The standard InChI is InChI=1S/C27H34N4O4S/c1-18-24(26(33)35-3)25(19-8-10-22(34-2)11-9-19)31-21(17-36-27(31)28-18)16-23(32)30-14-12-29(13-15-30)20-6-4-5-7-20/h8-11,17,20,25H,4-7,12-16H2,1-3H3. The van der Waals surface area contributed by atoms with E-state index < -0.39 is 12.0 Å². The predicted octanol–water partition coefficient (Wildman–Crippen LogP) is 3.92. The van der Waals surface area contributed by atoms with Gasteiger partial charge in [-0.1, -0.05) is 36.7 Å². The number of benzene rings is 1. The quantitative estimate of drug-likeness (QED) is 0.537. The van der Waals surface area contributed by atoms with Crippen LogP contribution in [0.25, 0.3) is 0 Å². The lowest BCUT2D eigenvalue weighted by Gasteiger charge is -2.39. The summed E-state index contributed by atoms with van der Waals surface area (Å²) in [5.41, 5.74) is 2.88. The molecule has 2 fully saturated rings. The Hall–Kier alpha value is -2.78. The number of piperazine rings is 1. The van der Waals surface area contributed by atoms with Crippen LogP contribution in [0.4, 0.5) is 0 Å². The maximum Gasteiger partial charge on any atom is 0.338 e. The van der Waals surface area contributed by atoms with E-state index in [4.69, 9.17) is 14.5 Å². The second-order valence-electron chi connectivity index (χ2n) is 9.69. The Morgan fingerprint density at radius 1 is 1.06 bits per heavy atom. The van der Waals surface area contributed by atoms with Crippen LogP contribution in [0.15, 0.2) is 51.6 Å². The number of hydrogen-bond acceptors (Lipinski definition) is 8. The van der Waals surface area contributed by atoms with Crippen molar-refractivity contribution >= 4 is 28.8 Å². The summed E-state index contributed by atoms with van der Waals surface area (Å²) in [5.74, 6) is 0.442. The van der Waals surface area contributed by atoms with E-state index in [0.717, 1.165) is 48.4 Å². The average Bonchev–Trinajstić information content (AvgIpc) is 3.58. The average molecular weight is 511 g/mol. The number of fused-ring (bicyclic) bond motifs is 1. The number of amides is 1. The summed E-state index contributed by atoms with van der Waals surface area (Å²) >= 11 is 1.50. The molecule has 5 rings (SSSR count). The minimum absolute atomic E-state index is 0.119. The molecule has 0 radical (unpaired) electrons. The predicted molar refractivity (Wildman–Crippen MR) is 140 cm³/mol. The molecule has 36 heavy (non-hydrogen) atoms. The first-order valence-corrected chi connectivity index (χ1v) is 13.6. The summed E-state index contributed by atoms with van der Waals surface area (Å²) in [4.78, 5) is 37.6. The fourth-order valence-corrected chi connectivity index (χ4v) is 6.68. The Labute approximate surface area is 217 Å². The number of ether oxygens (including phenoxy) is 2. The van der Waals surface area contributed by atoms with E-state index in [-0.39, 0.29) is 12.3 Å². The van der Waals surface area contributed by atoms with Gasteiger partial charge in [-0.3, -0.25) is 9.69 Å². The Bertz CT molecular complexity index is 1100. The lowest BCUT2D eigenvalue weighted by Crippen LogP contribution is -2.51. The zero-order chi connectivity index (χ0) is 25.2. The molecule has 8 nitrogen and oxygen atoms in total. The van der Waals surface area contributed by atoms with Gasteiger partial charge >= 0.3 is 5.97 Å². The molecule has 0 spiro atoms. The molecule has 0 bridgehead atoms. The summed E-state index contributed by atoms with van der Waals surface area (Å²) in [6.07, 6.45) is 5.50. The Morgan fingerprint density at radius 3 is 2.39 bits per heavy atom. The first-order valence-electron chi connectivity index (χ1n) is 12.7. The molecule has 1 unspecified atom stereocenters. The molecule has 0 N–H and O–H groups in total. The fourth-order valence-electron chi connectivity index (χ4n) is 5.71. The fraction of sp³-hybridized carbons (Fsp3) is 0.519. The lowest BCUT2D eigenvalue weighted by atomic mass is 9.93. The second kappa shape index (κ2) is 10.7. The number of carbonyl (C=O) groups excluding carboxylic acids is 2. The minimum atomic E-state index is -0.427. The number of hydrogen-bond donors (Lipinski definition) is 0. The number of nitrogens with zero attached hydrogens (tertiary/aromatic N) is 4. The number of amidine groups is 1. The molecule has 9 heteroatoms. The van der Waals surface area contributed by atoms with E-state index in [9.17, 15) is 9.59 Å². The monoisotopic (exact) mass is 510 g/mol. The third kappa shape index (κ3) is 4.78. The van der Waals surface area contributed by atoms with Crippen molar-refractivity contribution in [1.82, 2.24) is 14.7 Å². The van der Waals surface area contributed by atoms with Crippen molar-refractivity contribution in [3.8, 4) is 5.75 Å². The van der Waals surface area contributed by atoms with Crippen molar-refractivity contribution in [2.75, 3.05) is 40.4 Å². The van der Waals surface area contributed by atoms with Crippen molar-refractivity contribution in [2.45, 2.75) is 51.1 Å². The van der Waals surface area contributed by atoms with Crippen LogP contribution in [0.1, 0.15) is 50.6 Å². The molecule has 1 atom stereocenters.